The van der Waals surface area contributed by atoms with Crippen LogP contribution < -0.4 is 10.9 Å². The van der Waals surface area contributed by atoms with E-state index in [1.165, 1.54) is 43.5 Å². The smallest absolute Gasteiger partial charge is 0.270 e. The number of fused-ring (bicyclic) bond motifs is 2. The van der Waals surface area contributed by atoms with Crippen molar-refractivity contribution in [3.8, 4) is 0 Å². The molecule has 0 spiro atoms. The summed E-state index contributed by atoms with van der Waals surface area (Å²) in [5, 5.41) is 10.7. The highest BCUT2D eigenvalue weighted by molar-refractivity contribution is 5.95. The molecule has 0 radical (unpaired) electrons. The van der Waals surface area contributed by atoms with E-state index in [4.69, 9.17) is 0 Å². The molecule has 0 aliphatic heterocycles. The molecule has 7 nitrogen and oxygen atoms in total. The lowest BCUT2D eigenvalue weighted by atomic mass is 9.86. The van der Waals surface area contributed by atoms with Crippen molar-refractivity contribution in [3.63, 3.8) is 0 Å². The summed E-state index contributed by atoms with van der Waals surface area (Å²) in [5.41, 5.74) is 4.71. The van der Waals surface area contributed by atoms with Crippen molar-refractivity contribution in [1.82, 2.24) is 10.9 Å². The lowest BCUT2D eigenvalue weighted by Crippen LogP contribution is -2.42. The van der Waals surface area contributed by atoms with E-state index >= 15 is 0 Å². The molecule has 2 aliphatic carbocycles. The SMILES string of the molecule is O=C(C[C@H]1C[C@@H]2CC[C@@H]1C2)NNC(=O)c1cccc([N+](=O)[O-])c1. The fraction of sp³-hybridized carbons (Fsp3) is 0.500. The van der Waals surface area contributed by atoms with Crippen molar-refractivity contribution in [2.24, 2.45) is 17.8 Å². The largest absolute Gasteiger partial charge is 0.273 e. The molecule has 2 bridgehead atoms. The number of non-ortho nitro benzene ring substituents is 1. The molecule has 1 aromatic rings. The Hall–Kier alpha value is -2.44. The number of nitrogens with zero attached hydrogens (tertiary/aromatic N) is 1. The van der Waals surface area contributed by atoms with E-state index in [1.54, 1.807) is 0 Å². The van der Waals surface area contributed by atoms with E-state index in [0.29, 0.717) is 18.3 Å². The second-order valence-electron chi connectivity index (χ2n) is 6.45. The molecular formula is C16H19N3O4. The maximum Gasteiger partial charge on any atom is 0.270 e. The molecule has 122 valence electrons. The Kier molecular flexibility index (Phi) is 4.27. The Morgan fingerprint density at radius 1 is 1.22 bits per heavy atom. The van der Waals surface area contributed by atoms with Gasteiger partial charge in [-0.3, -0.25) is 30.6 Å². The monoisotopic (exact) mass is 317 g/mol. The van der Waals surface area contributed by atoms with Crippen LogP contribution in [0.5, 0.6) is 0 Å². The number of hydrazine groups is 1. The molecule has 2 amide bonds. The van der Waals surface area contributed by atoms with Gasteiger partial charge in [0.15, 0.2) is 0 Å². The topological polar surface area (TPSA) is 101 Å². The first-order valence-electron chi connectivity index (χ1n) is 7.86. The minimum absolute atomic E-state index is 0.138. The third-order valence-electron chi connectivity index (χ3n) is 4.97. The molecule has 3 atom stereocenters. The van der Waals surface area contributed by atoms with Gasteiger partial charge in [0.05, 0.1) is 4.92 Å². The van der Waals surface area contributed by atoms with Gasteiger partial charge in [-0.25, -0.2) is 0 Å². The number of nitrogens with one attached hydrogen (secondary N) is 2. The third-order valence-corrected chi connectivity index (χ3v) is 4.97. The molecule has 0 saturated heterocycles. The Morgan fingerprint density at radius 3 is 2.70 bits per heavy atom. The number of nitro benzene ring substituents is 1. The van der Waals surface area contributed by atoms with Crippen molar-refractivity contribution in [3.05, 3.63) is 39.9 Å². The van der Waals surface area contributed by atoms with Crippen LogP contribution in [0.15, 0.2) is 24.3 Å². The lowest BCUT2D eigenvalue weighted by Gasteiger charge is -2.20. The second kappa shape index (κ2) is 6.36. The zero-order chi connectivity index (χ0) is 16.4. The summed E-state index contributed by atoms with van der Waals surface area (Å²) in [5.74, 6) is 1.08. The zero-order valence-corrected chi connectivity index (χ0v) is 12.7. The molecule has 0 unspecified atom stereocenters. The third kappa shape index (κ3) is 3.49. The fourth-order valence-electron chi connectivity index (χ4n) is 3.87. The van der Waals surface area contributed by atoms with E-state index in [2.05, 4.69) is 10.9 Å². The summed E-state index contributed by atoms with van der Waals surface area (Å²) in [4.78, 5) is 34.0. The summed E-state index contributed by atoms with van der Waals surface area (Å²) < 4.78 is 0. The average molecular weight is 317 g/mol. The van der Waals surface area contributed by atoms with Crippen LogP contribution in [0.3, 0.4) is 0 Å². The molecule has 23 heavy (non-hydrogen) atoms. The van der Waals surface area contributed by atoms with Gasteiger partial charge in [-0.1, -0.05) is 12.5 Å². The number of nitro groups is 1. The van der Waals surface area contributed by atoms with Crippen LogP contribution in [-0.2, 0) is 4.79 Å². The summed E-state index contributed by atoms with van der Waals surface area (Å²) in [7, 11) is 0. The number of carbonyl (C=O) groups excluding carboxylic acids is 2. The van der Waals surface area contributed by atoms with Gasteiger partial charge in [-0.05, 0) is 43.1 Å². The minimum atomic E-state index is -0.565. The van der Waals surface area contributed by atoms with Crippen molar-refractivity contribution in [2.45, 2.75) is 32.1 Å². The number of rotatable bonds is 4. The summed E-state index contributed by atoms with van der Waals surface area (Å²) in [6.07, 6.45) is 5.26. The molecule has 2 fully saturated rings. The van der Waals surface area contributed by atoms with Crippen LogP contribution in [0.1, 0.15) is 42.5 Å². The van der Waals surface area contributed by atoms with Crippen molar-refractivity contribution < 1.29 is 14.5 Å². The average Bonchev–Trinajstić information content (AvgIpc) is 3.15. The van der Waals surface area contributed by atoms with Gasteiger partial charge < -0.3 is 0 Å². The van der Waals surface area contributed by atoms with Gasteiger partial charge in [0.25, 0.3) is 11.6 Å². The summed E-state index contributed by atoms with van der Waals surface area (Å²) in [6.45, 7) is 0. The van der Waals surface area contributed by atoms with Crippen LogP contribution in [0, 0.1) is 27.9 Å². The molecular weight excluding hydrogens is 298 g/mol. The molecule has 2 aliphatic rings. The van der Waals surface area contributed by atoms with Gasteiger partial charge in [0.1, 0.15) is 0 Å². The van der Waals surface area contributed by atoms with Gasteiger partial charge in [0, 0.05) is 24.1 Å². The van der Waals surface area contributed by atoms with Crippen LogP contribution in [0.25, 0.3) is 0 Å². The highest BCUT2D eigenvalue weighted by Crippen LogP contribution is 2.49. The molecule has 2 N–H and O–H groups in total. The predicted molar refractivity (Wildman–Crippen MR) is 82.3 cm³/mol. The fourth-order valence-corrected chi connectivity index (χ4v) is 3.87. The Labute approximate surface area is 133 Å². The van der Waals surface area contributed by atoms with E-state index in [1.807, 2.05) is 0 Å². The number of hydrogen-bond donors (Lipinski definition) is 2. The summed E-state index contributed by atoms with van der Waals surface area (Å²) >= 11 is 0. The van der Waals surface area contributed by atoms with E-state index < -0.39 is 10.8 Å². The van der Waals surface area contributed by atoms with Crippen molar-refractivity contribution in [2.75, 3.05) is 0 Å². The second-order valence-corrected chi connectivity index (χ2v) is 6.45. The van der Waals surface area contributed by atoms with E-state index in [0.717, 1.165) is 12.3 Å². The van der Waals surface area contributed by atoms with E-state index in [-0.39, 0.29) is 17.2 Å². The molecule has 0 heterocycles. The van der Waals surface area contributed by atoms with Crippen molar-refractivity contribution >= 4 is 17.5 Å². The highest BCUT2D eigenvalue weighted by atomic mass is 16.6. The first-order valence-corrected chi connectivity index (χ1v) is 7.86. The van der Waals surface area contributed by atoms with Crippen LogP contribution in [0.2, 0.25) is 0 Å². The first kappa shape index (κ1) is 15.5. The quantitative estimate of drug-likeness (QED) is 0.656. The highest BCUT2D eigenvalue weighted by Gasteiger charge is 2.40. The maximum atomic E-state index is 12.0. The molecule has 0 aromatic heterocycles. The predicted octanol–water partition coefficient (Wildman–Crippen LogP) is 2.18. The number of benzene rings is 1. The Balaban J connectivity index is 1.49. The van der Waals surface area contributed by atoms with Crippen LogP contribution in [0.4, 0.5) is 5.69 Å². The van der Waals surface area contributed by atoms with E-state index in [9.17, 15) is 19.7 Å². The summed E-state index contributed by atoms with van der Waals surface area (Å²) in [6, 6.07) is 5.39. The van der Waals surface area contributed by atoms with Gasteiger partial charge in [0.2, 0.25) is 5.91 Å². The van der Waals surface area contributed by atoms with Gasteiger partial charge in [-0.15, -0.1) is 0 Å². The standard InChI is InChI=1S/C16H19N3O4/c20-15(9-13-7-10-4-5-11(13)6-10)17-18-16(21)12-2-1-3-14(8-12)19(22)23/h1-3,8,10-11,13H,4-7,9H2,(H,17,20)(H,18,21)/t10-,11-,13-/m1/s1. The molecule has 2 saturated carbocycles. The Bertz CT molecular complexity index is 646. The van der Waals surface area contributed by atoms with Crippen molar-refractivity contribution in [1.29, 1.82) is 0 Å². The van der Waals surface area contributed by atoms with Gasteiger partial charge in [-0.2, -0.15) is 0 Å². The minimum Gasteiger partial charge on any atom is -0.273 e. The normalized spacial score (nSPS) is 25.1. The Morgan fingerprint density at radius 2 is 2.04 bits per heavy atom. The number of amides is 2. The molecule has 3 rings (SSSR count). The zero-order valence-electron chi connectivity index (χ0n) is 12.7. The van der Waals surface area contributed by atoms with Crippen LogP contribution in [-0.4, -0.2) is 16.7 Å². The first-order chi connectivity index (χ1) is 11.0. The van der Waals surface area contributed by atoms with Gasteiger partial charge >= 0.3 is 0 Å². The molecule has 7 heteroatoms. The maximum absolute atomic E-state index is 12.0. The number of carbonyl (C=O) groups is 2. The molecule has 1 aromatic carbocycles. The lowest BCUT2D eigenvalue weighted by molar-refractivity contribution is -0.384. The van der Waals surface area contributed by atoms with Crippen LogP contribution >= 0.6 is 0 Å². The number of hydrogen-bond acceptors (Lipinski definition) is 4.